The van der Waals surface area contributed by atoms with Crippen LogP contribution in [0.25, 0.3) is 11.0 Å². The van der Waals surface area contributed by atoms with E-state index < -0.39 is 0 Å². The summed E-state index contributed by atoms with van der Waals surface area (Å²) in [6, 6.07) is 14.7. The predicted molar refractivity (Wildman–Crippen MR) is 146 cm³/mol. The second-order valence-electron chi connectivity index (χ2n) is 10.7. The van der Waals surface area contributed by atoms with Gasteiger partial charge >= 0.3 is 6.03 Å². The van der Waals surface area contributed by atoms with Crippen LogP contribution in [0.2, 0.25) is 0 Å². The maximum absolute atomic E-state index is 13.8. The zero-order chi connectivity index (χ0) is 25.1. The Bertz CT molecular complexity index is 1200. The van der Waals surface area contributed by atoms with Gasteiger partial charge in [0.15, 0.2) is 0 Å². The van der Waals surface area contributed by atoms with Gasteiger partial charge in [-0.3, -0.25) is 4.90 Å². The molecule has 0 aliphatic carbocycles. The lowest BCUT2D eigenvalue weighted by atomic mass is 10.1. The predicted octanol–water partition coefficient (Wildman–Crippen LogP) is 4.97. The highest BCUT2D eigenvalue weighted by Crippen LogP contribution is 2.31. The van der Waals surface area contributed by atoms with Gasteiger partial charge in [0.2, 0.25) is 0 Å². The first-order valence-corrected chi connectivity index (χ1v) is 13.6. The lowest BCUT2D eigenvalue weighted by Crippen LogP contribution is -2.47. The molecule has 7 nitrogen and oxygen atoms in total. The van der Waals surface area contributed by atoms with Crippen LogP contribution in [0.15, 0.2) is 42.5 Å². The van der Waals surface area contributed by atoms with E-state index in [1.807, 2.05) is 15.9 Å². The highest BCUT2D eigenvalue weighted by atomic mass is 16.2. The number of likely N-dealkylation sites (tertiary alicyclic amines) is 1. The van der Waals surface area contributed by atoms with Gasteiger partial charge in [0.25, 0.3) is 0 Å². The largest absolute Gasteiger partial charge is 0.326 e. The molecule has 0 bridgehead atoms. The maximum Gasteiger partial charge on any atom is 0.325 e. The van der Waals surface area contributed by atoms with Crippen molar-refractivity contribution < 1.29 is 4.79 Å². The van der Waals surface area contributed by atoms with Crippen LogP contribution in [0, 0.1) is 5.92 Å². The number of imidazole rings is 1. The summed E-state index contributed by atoms with van der Waals surface area (Å²) in [7, 11) is 0. The van der Waals surface area contributed by atoms with Crippen LogP contribution < -0.4 is 10.6 Å². The molecule has 2 amide bonds. The summed E-state index contributed by atoms with van der Waals surface area (Å²) in [4.78, 5) is 25.3. The fraction of sp³-hybridized carbons (Fsp3) is 0.517. The number of anilines is 1. The molecule has 2 aliphatic rings. The molecule has 0 spiro atoms. The fourth-order valence-electron chi connectivity index (χ4n) is 5.52. The van der Waals surface area contributed by atoms with Crippen LogP contribution in [-0.4, -0.2) is 51.6 Å². The number of para-hydroxylation sites is 1. The molecule has 0 saturated carbocycles. The Labute approximate surface area is 214 Å². The second kappa shape index (κ2) is 11.0. The van der Waals surface area contributed by atoms with E-state index in [-0.39, 0.29) is 6.03 Å². The molecule has 3 heterocycles. The number of hydrogen-bond acceptors (Lipinski definition) is 4. The van der Waals surface area contributed by atoms with E-state index in [1.165, 1.54) is 31.5 Å². The summed E-state index contributed by atoms with van der Waals surface area (Å²) in [6.45, 7) is 11.2. The first-order chi connectivity index (χ1) is 17.5. The molecule has 1 saturated heterocycles. The number of aromatic nitrogens is 2. The zero-order valence-corrected chi connectivity index (χ0v) is 21.8. The smallest absolute Gasteiger partial charge is 0.325 e. The lowest BCUT2D eigenvalue weighted by Gasteiger charge is -2.37. The Kier molecular flexibility index (Phi) is 7.58. The first-order valence-electron chi connectivity index (χ1n) is 13.6. The van der Waals surface area contributed by atoms with Crippen molar-refractivity contribution in [2.24, 2.45) is 11.7 Å². The SMILES string of the molecule is CC(C)CCn1c(CN2C(=O)N(CCCN3CCCC3)Cc3ccccc32)nc2cc(CN)ccc21. The van der Waals surface area contributed by atoms with Gasteiger partial charge in [-0.2, -0.15) is 0 Å². The van der Waals surface area contributed by atoms with Crippen molar-refractivity contribution in [1.29, 1.82) is 0 Å². The van der Waals surface area contributed by atoms with Crippen molar-refractivity contribution >= 4 is 22.8 Å². The minimum atomic E-state index is 0.0836. The van der Waals surface area contributed by atoms with Gasteiger partial charge in [0.1, 0.15) is 5.82 Å². The molecule has 192 valence electrons. The summed E-state index contributed by atoms with van der Waals surface area (Å²) in [5, 5.41) is 0. The molecule has 3 aromatic rings. The van der Waals surface area contributed by atoms with E-state index in [9.17, 15) is 4.79 Å². The van der Waals surface area contributed by atoms with Gasteiger partial charge in [-0.1, -0.05) is 38.1 Å². The summed E-state index contributed by atoms with van der Waals surface area (Å²) in [5.41, 5.74) is 11.3. The molecule has 36 heavy (non-hydrogen) atoms. The molecule has 2 aliphatic heterocycles. The normalized spacial score (nSPS) is 16.5. The summed E-state index contributed by atoms with van der Waals surface area (Å²) in [6.07, 6.45) is 4.67. The number of nitrogens with two attached hydrogens (primary N) is 1. The molecule has 5 rings (SSSR count). The quantitative estimate of drug-likeness (QED) is 0.437. The number of fused-ring (bicyclic) bond motifs is 2. The van der Waals surface area contributed by atoms with Gasteiger partial charge in [-0.25, -0.2) is 9.78 Å². The van der Waals surface area contributed by atoms with Crippen molar-refractivity contribution in [3.05, 3.63) is 59.4 Å². The van der Waals surface area contributed by atoms with Crippen LogP contribution in [-0.2, 0) is 26.2 Å². The lowest BCUT2D eigenvalue weighted by molar-refractivity contribution is 0.193. The molecule has 0 unspecified atom stereocenters. The Morgan fingerprint density at radius 1 is 1.03 bits per heavy atom. The topological polar surface area (TPSA) is 70.6 Å². The van der Waals surface area contributed by atoms with Gasteiger partial charge in [-0.15, -0.1) is 0 Å². The average molecular weight is 489 g/mol. The van der Waals surface area contributed by atoms with Gasteiger partial charge in [0, 0.05) is 26.2 Å². The Morgan fingerprint density at radius 3 is 2.61 bits per heavy atom. The standard InChI is InChI=1S/C29H40N6O/c1-22(2)12-17-34-27-11-10-23(19-30)18-25(27)31-28(34)21-35-26-9-4-3-8-24(26)20-33(29(35)36)16-7-15-32-13-5-6-14-32/h3-4,8-11,18,22H,5-7,12-17,19-21,30H2,1-2H3. The summed E-state index contributed by atoms with van der Waals surface area (Å²) in [5.74, 6) is 1.52. The van der Waals surface area contributed by atoms with E-state index >= 15 is 0 Å². The van der Waals surface area contributed by atoms with Crippen LogP contribution >= 0.6 is 0 Å². The van der Waals surface area contributed by atoms with Crippen molar-refractivity contribution in [1.82, 2.24) is 19.4 Å². The number of benzene rings is 2. The molecule has 1 fully saturated rings. The van der Waals surface area contributed by atoms with Crippen molar-refractivity contribution in [3.63, 3.8) is 0 Å². The van der Waals surface area contributed by atoms with Crippen LogP contribution in [0.1, 0.15) is 56.5 Å². The van der Waals surface area contributed by atoms with Gasteiger partial charge in [0.05, 0.1) is 23.3 Å². The van der Waals surface area contributed by atoms with Crippen LogP contribution in [0.4, 0.5) is 10.5 Å². The van der Waals surface area contributed by atoms with Crippen LogP contribution in [0.5, 0.6) is 0 Å². The van der Waals surface area contributed by atoms with Gasteiger partial charge in [-0.05, 0) is 80.6 Å². The molecule has 2 N–H and O–H groups in total. The average Bonchev–Trinajstić information content (AvgIpc) is 3.52. The zero-order valence-electron chi connectivity index (χ0n) is 21.8. The number of aryl methyl sites for hydroxylation is 1. The van der Waals surface area contributed by atoms with E-state index in [4.69, 9.17) is 10.7 Å². The fourth-order valence-corrected chi connectivity index (χ4v) is 5.52. The third-order valence-electron chi connectivity index (χ3n) is 7.60. The number of amides is 2. The number of hydrogen-bond donors (Lipinski definition) is 1. The molecule has 1 aromatic heterocycles. The highest BCUT2D eigenvalue weighted by Gasteiger charge is 2.31. The molecule has 0 radical (unpaired) electrons. The third-order valence-corrected chi connectivity index (χ3v) is 7.60. The second-order valence-corrected chi connectivity index (χ2v) is 10.7. The molecular formula is C29H40N6O. The van der Waals surface area contributed by atoms with E-state index in [1.54, 1.807) is 0 Å². The number of rotatable bonds is 10. The van der Waals surface area contributed by atoms with E-state index in [0.29, 0.717) is 25.6 Å². The van der Waals surface area contributed by atoms with Crippen molar-refractivity contribution in [3.8, 4) is 0 Å². The number of urea groups is 1. The highest BCUT2D eigenvalue weighted by molar-refractivity contribution is 5.94. The van der Waals surface area contributed by atoms with Crippen LogP contribution in [0.3, 0.4) is 0 Å². The minimum Gasteiger partial charge on any atom is -0.326 e. The monoisotopic (exact) mass is 488 g/mol. The Balaban J connectivity index is 1.42. The number of nitrogens with zero attached hydrogens (tertiary/aromatic N) is 5. The minimum absolute atomic E-state index is 0.0836. The molecule has 0 atom stereocenters. The Morgan fingerprint density at radius 2 is 1.83 bits per heavy atom. The van der Waals surface area contributed by atoms with E-state index in [2.05, 4.69) is 59.7 Å². The molecule has 2 aromatic carbocycles. The van der Waals surface area contributed by atoms with Crippen molar-refractivity contribution in [2.45, 2.75) is 65.7 Å². The van der Waals surface area contributed by atoms with Crippen molar-refractivity contribution in [2.75, 3.05) is 31.1 Å². The molecule has 7 heteroatoms. The van der Waals surface area contributed by atoms with Gasteiger partial charge < -0.3 is 20.1 Å². The number of carbonyl (C=O) groups excluding carboxylic acids is 1. The Hall–Kier alpha value is -2.90. The summed E-state index contributed by atoms with van der Waals surface area (Å²) >= 11 is 0. The number of carbonyl (C=O) groups is 1. The first kappa shape index (κ1) is 24.8. The third kappa shape index (κ3) is 5.27. The maximum atomic E-state index is 13.8. The van der Waals surface area contributed by atoms with E-state index in [0.717, 1.165) is 60.6 Å². The summed E-state index contributed by atoms with van der Waals surface area (Å²) < 4.78 is 2.30. The molecular weight excluding hydrogens is 448 g/mol.